The van der Waals surface area contributed by atoms with Gasteiger partial charge in [0.05, 0.1) is 0 Å². The van der Waals surface area contributed by atoms with E-state index in [1.54, 1.807) is 0 Å². The van der Waals surface area contributed by atoms with Crippen molar-refractivity contribution in [3.05, 3.63) is 11.6 Å². The minimum absolute atomic E-state index is 0.412. The summed E-state index contributed by atoms with van der Waals surface area (Å²) in [7, 11) is 0. The van der Waals surface area contributed by atoms with Crippen LogP contribution in [0.15, 0.2) is 11.6 Å². The van der Waals surface area contributed by atoms with Gasteiger partial charge in [-0.3, -0.25) is 0 Å². The van der Waals surface area contributed by atoms with Gasteiger partial charge in [0, 0.05) is 5.57 Å². The van der Waals surface area contributed by atoms with Gasteiger partial charge in [0.15, 0.2) is 0 Å². The third kappa shape index (κ3) is 6.38. The van der Waals surface area contributed by atoms with Crippen LogP contribution < -0.4 is 0 Å². The first-order valence-electron chi connectivity index (χ1n) is 4.85. The molecule has 76 valence electrons. The fourth-order valence-corrected chi connectivity index (χ4v) is 1.08. The minimum atomic E-state index is -0.769. The summed E-state index contributed by atoms with van der Waals surface area (Å²) in [6, 6.07) is 0. The summed E-state index contributed by atoms with van der Waals surface area (Å²) >= 11 is 0. The summed E-state index contributed by atoms with van der Waals surface area (Å²) in [5, 5.41) is 8.87. The summed E-state index contributed by atoms with van der Waals surface area (Å²) in [6.07, 6.45) is 3.38. The molecule has 0 radical (unpaired) electrons. The Balaban J connectivity index is 4.24. The predicted octanol–water partition coefficient (Wildman–Crippen LogP) is 3.09. The molecular weight excluding hydrogens is 164 g/mol. The Morgan fingerprint density at radius 1 is 1.23 bits per heavy atom. The first-order chi connectivity index (χ1) is 5.93. The highest BCUT2D eigenvalue weighted by atomic mass is 16.4. The molecule has 0 bridgehead atoms. The number of hydrogen-bond donors (Lipinski definition) is 1. The molecule has 0 rings (SSSR count). The molecule has 0 heterocycles. The zero-order valence-corrected chi connectivity index (χ0v) is 9.00. The van der Waals surface area contributed by atoms with E-state index in [1.165, 1.54) is 0 Å². The van der Waals surface area contributed by atoms with Gasteiger partial charge < -0.3 is 5.11 Å². The van der Waals surface area contributed by atoms with Crippen LogP contribution in [0.25, 0.3) is 0 Å². The molecule has 2 nitrogen and oxygen atoms in total. The van der Waals surface area contributed by atoms with Crippen LogP contribution >= 0.6 is 0 Å². The van der Waals surface area contributed by atoms with Crippen molar-refractivity contribution in [3.63, 3.8) is 0 Å². The SMILES string of the molecule is CC(C)CC=C(CC(C)C)C(=O)O. The molecule has 0 fully saturated rings. The van der Waals surface area contributed by atoms with Gasteiger partial charge in [-0.2, -0.15) is 0 Å². The van der Waals surface area contributed by atoms with Crippen LogP contribution in [0.3, 0.4) is 0 Å². The van der Waals surface area contributed by atoms with E-state index in [4.69, 9.17) is 5.11 Å². The maximum atomic E-state index is 10.8. The highest BCUT2D eigenvalue weighted by Crippen LogP contribution is 2.13. The fourth-order valence-electron chi connectivity index (χ4n) is 1.08. The first-order valence-corrected chi connectivity index (χ1v) is 4.85. The van der Waals surface area contributed by atoms with E-state index in [9.17, 15) is 4.79 Å². The number of hydrogen-bond acceptors (Lipinski definition) is 1. The van der Waals surface area contributed by atoms with Crippen LogP contribution in [0.2, 0.25) is 0 Å². The lowest BCUT2D eigenvalue weighted by Crippen LogP contribution is -2.04. The molecule has 0 aliphatic heterocycles. The molecule has 0 saturated carbocycles. The van der Waals surface area contributed by atoms with Crippen LogP contribution in [-0.4, -0.2) is 11.1 Å². The average molecular weight is 184 g/mol. The van der Waals surface area contributed by atoms with Crippen molar-refractivity contribution in [3.8, 4) is 0 Å². The molecule has 1 N–H and O–H groups in total. The second-order valence-corrected chi connectivity index (χ2v) is 4.26. The second-order valence-electron chi connectivity index (χ2n) is 4.26. The molecule has 0 aromatic heterocycles. The van der Waals surface area contributed by atoms with Crippen molar-refractivity contribution >= 4 is 5.97 Å². The van der Waals surface area contributed by atoms with Gasteiger partial charge in [0.1, 0.15) is 0 Å². The Hall–Kier alpha value is -0.790. The van der Waals surface area contributed by atoms with Gasteiger partial charge >= 0.3 is 5.97 Å². The molecule has 0 aromatic rings. The Labute approximate surface area is 80.7 Å². The predicted molar refractivity (Wildman–Crippen MR) is 54.6 cm³/mol. The Bertz CT molecular complexity index is 190. The van der Waals surface area contributed by atoms with Gasteiger partial charge in [-0.05, 0) is 24.7 Å². The number of carbonyl (C=O) groups is 1. The lowest BCUT2D eigenvalue weighted by atomic mass is 10.00. The van der Waals surface area contributed by atoms with Gasteiger partial charge in [0.25, 0.3) is 0 Å². The zero-order chi connectivity index (χ0) is 10.4. The van der Waals surface area contributed by atoms with E-state index in [1.807, 2.05) is 19.9 Å². The summed E-state index contributed by atoms with van der Waals surface area (Å²) in [5.74, 6) is 0.172. The first kappa shape index (κ1) is 12.2. The van der Waals surface area contributed by atoms with Crippen LogP contribution in [0.5, 0.6) is 0 Å². The molecule has 0 amide bonds. The third-order valence-corrected chi connectivity index (χ3v) is 1.74. The molecule has 2 heteroatoms. The number of carboxylic acids is 1. The maximum absolute atomic E-state index is 10.8. The van der Waals surface area contributed by atoms with Crippen LogP contribution in [0.1, 0.15) is 40.5 Å². The number of rotatable bonds is 5. The number of allylic oxidation sites excluding steroid dienone is 1. The minimum Gasteiger partial charge on any atom is -0.478 e. The normalized spacial score (nSPS) is 12.6. The summed E-state index contributed by atoms with van der Waals surface area (Å²) in [4.78, 5) is 10.8. The van der Waals surface area contributed by atoms with Gasteiger partial charge in [0.2, 0.25) is 0 Å². The van der Waals surface area contributed by atoms with E-state index in [0.717, 1.165) is 6.42 Å². The van der Waals surface area contributed by atoms with Crippen molar-refractivity contribution in [2.75, 3.05) is 0 Å². The standard InChI is InChI=1S/C11H20O2/c1-8(2)5-6-10(11(12)13)7-9(3)4/h6,8-9H,5,7H2,1-4H3,(H,12,13). The molecule has 0 unspecified atom stereocenters. The smallest absolute Gasteiger partial charge is 0.331 e. The van der Waals surface area contributed by atoms with Crippen molar-refractivity contribution < 1.29 is 9.90 Å². The second kappa shape index (κ2) is 5.79. The highest BCUT2D eigenvalue weighted by molar-refractivity contribution is 5.86. The van der Waals surface area contributed by atoms with E-state index in [-0.39, 0.29) is 0 Å². The monoisotopic (exact) mass is 184 g/mol. The Morgan fingerprint density at radius 2 is 1.77 bits per heavy atom. The van der Waals surface area contributed by atoms with E-state index >= 15 is 0 Å². The zero-order valence-electron chi connectivity index (χ0n) is 9.00. The Morgan fingerprint density at radius 3 is 2.08 bits per heavy atom. The lowest BCUT2D eigenvalue weighted by molar-refractivity contribution is -0.132. The lowest BCUT2D eigenvalue weighted by Gasteiger charge is -2.06. The van der Waals surface area contributed by atoms with Gasteiger partial charge in [-0.15, -0.1) is 0 Å². The quantitative estimate of drug-likeness (QED) is 0.667. The van der Waals surface area contributed by atoms with Crippen molar-refractivity contribution in [1.82, 2.24) is 0 Å². The third-order valence-electron chi connectivity index (χ3n) is 1.74. The summed E-state index contributed by atoms with van der Waals surface area (Å²) in [5.41, 5.74) is 0.559. The Kier molecular flexibility index (Phi) is 5.44. The van der Waals surface area contributed by atoms with Gasteiger partial charge in [-0.25, -0.2) is 4.79 Å². The van der Waals surface area contributed by atoms with Gasteiger partial charge in [-0.1, -0.05) is 33.8 Å². The van der Waals surface area contributed by atoms with Crippen molar-refractivity contribution in [2.24, 2.45) is 11.8 Å². The van der Waals surface area contributed by atoms with Crippen molar-refractivity contribution in [2.45, 2.75) is 40.5 Å². The van der Waals surface area contributed by atoms with Crippen LogP contribution in [0, 0.1) is 11.8 Å². The molecule has 0 aromatic carbocycles. The van der Waals surface area contributed by atoms with Crippen LogP contribution in [-0.2, 0) is 4.79 Å². The van der Waals surface area contributed by atoms with Crippen LogP contribution in [0.4, 0.5) is 0 Å². The summed E-state index contributed by atoms with van der Waals surface area (Å²) < 4.78 is 0. The molecule has 0 aliphatic rings. The topological polar surface area (TPSA) is 37.3 Å². The molecule has 0 spiro atoms. The van der Waals surface area contributed by atoms with E-state index in [0.29, 0.717) is 23.8 Å². The largest absolute Gasteiger partial charge is 0.478 e. The molecule has 0 aliphatic carbocycles. The molecule has 0 saturated heterocycles. The van der Waals surface area contributed by atoms with Crippen molar-refractivity contribution in [1.29, 1.82) is 0 Å². The molecule has 0 atom stereocenters. The van der Waals surface area contributed by atoms with E-state index in [2.05, 4.69) is 13.8 Å². The van der Waals surface area contributed by atoms with E-state index < -0.39 is 5.97 Å². The highest BCUT2D eigenvalue weighted by Gasteiger charge is 2.08. The number of aliphatic carboxylic acids is 1. The number of carboxylic acid groups (broad SMARTS) is 1. The fraction of sp³-hybridized carbons (Fsp3) is 0.727. The molecule has 13 heavy (non-hydrogen) atoms. The molecular formula is C11H20O2. The summed E-state index contributed by atoms with van der Waals surface area (Å²) in [6.45, 7) is 8.25. The maximum Gasteiger partial charge on any atom is 0.331 e. The average Bonchev–Trinajstić information content (AvgIpc) is 1.96.